The summed E-state index contributed by atoms with van der Waals surface area (Å²) in [5.74, 6) is -0.204. The summed E-state index contributed by atoms with van der Waals surface area (Å²) in [4.78, 5) is 20.9. The highest BCUT2D eigenvalue weighted by atomic mass is 35.5. The van der Waals surface area contributed by atoms with E-state index in [0.717, 1.165) is 21.3 Å². The SMILES string of the molecule is Cc1cnc(C(=O)NCCc2ccc(Cl)s2)cn1. The molecule has 0 aliphatic rings. The second kappa shape index (κ2) is 5.93. The van der Waals surface area contributed by atoms with Gasteiger partial charge in [-0.2, -0.15) is 0 Å². The smallest absolute Gasteiger partial charge is 0.271 e. The molecule has 6 heteroatoms. The monoisotopic (exact) mass is 281 g/mol. The Bertz CT molecular complexity index is 539. The van der Waals surface area contributed by atoms with Gasteiger partial charge in [0.15, 0.2) is 0 Å². The molecule has 0 aliphatic carbocycles. The Hall–Kier alpha value is -1.46. The van der Waals surface area contributed by atoms with Crippen LogP contribution in [0.25, 0.3) is 0 Å². The van der Waals surface area contributed by atoms with E-state index >= 15 is 0 Å². The highest BCUT2D eigenvalue weighted by Gasteiger charge is 2.06. The average Bonchev–Trinajstić information content (AvgIpc) is 2.76. The standard InChI is InChI=1S/C12H12ClN3OS/c1-8-6-16-10(7-15-8)12(17)14-5-4-9-2-3-11(13)18-9/h2-3,6-7H,4-5H2,1H3,(H,14,17). The van der Waals surface area contributed by atoms with Crippen LogP contribution in [-0.2, 0) is 6.42 Å². The normalized spacial score (nSPS) is 10.3. The van der Waals surface area contributed by atoms with E-state index in [2.05, 4.69) is 15.3 Å². The van der Waals surface area contributed by atoms with Gasteiger partial charge in [0.05, 0.1) is 16.2 Å². The first kappa shape index (κ1) is 13.0. The molecule has 0 aliphatic heterocycles. The van der Waals surface area contributed by atoms with Gasteiger partial charge in [0.25, 0.3) is 5.91 Å². The minimum Gasteiger partial charge on any atom is -0.350 e. The molecule has 2 aromatic heterocycles. The van der Waals surface area contributed by atoms with Crippen LogP contribution in [0.5, 0.6) is 0 Å². The Kier molecular flexibility index (Phi) is 4.28. The van der Waals surface area contributed by atoms with Crippen LogP contribution >= 0.6 is 22.9 Å². The van der Waals surface area contributed by atoms with Crippen molar-refractivity contribution in [2.75, 3.05) is 6.54 Å². The van der Waals surface area contributed by atoms with Gasteiger partial charge in [-0.25, -0.2) is 4.98 Å². The number of thiophene rings is 1. The molecule has 0 saturated carbocycles. The van der Waals surface area contributed by atoms with Gasteiger partial charge < -0.3 is 5.32 Å². The number of aryl methyl sites for hydroxylation is 1. The van der Waals surface area contributed by atoms with Gasteiger partial charge in [-0.15, -0.1) is 11.3 Å². The minimum absolute atomic E-state index is 0.204. The topological polar surface area (TPSA) is 54.9 Å². The van der Waals surface area contributed by atoms with E-state index in [0.29, 0.717) is 12.2 Å². The predicted octanol–water partition coefficient (Wildman–Crippen LogP) is 2.47. The van der Waals surface area contributed by atoms with Gasteiger partial charge in [0, 0.05) is 17.6 Å². The lowest BCUT2D eigenvalue weighted by atomic mass is 10.3. The number of aromatic nitrogens is 2. The van der Waals surface area contributed by atoms with Gasteiger partial charge in [0.1, 0.15) is 5.69 Å². The van der Waals surface area contributed by atoms with Crippen LogP contribution in [0.3, 0.4) is 0 Å². The van der Waals surface area contributed by atoms with Crippen LogP contribution in [0.2, 0.25) is 4.34 Å². The summed E-state index contributed by atoms with van der Waals surface area (Å²) >= 11 is 7.35. The molecule has 1 amide bonds. The number of nitrogens with one attached hydrogen (secondary N) is 1. The average molecular weight is 282 g/mol. The molecule has 4 nitrogen and oxygen atoms in total. The van der Waals surface area contributed by atoms with Gasteiger partial charge in [-0.3, -0.25) is 9.78 Å². The van der Waals surface area contributed by atoms with E-state index in [1.54, 1.807) is 6.20 Å². The summed E-state index contributed by atoms with van der Waals surface area (Å²) in [6.45, 7) is 2.39. The van der Waals surface area contributed by atoms with Crippen LogP contribution in [0.15, 0.2) is 24.5 Å². The molecule has 1 N–H and O–H groups in total. The molecule has 18 heavy (non-hydrogen) atoms. The van der Waals surface area contributed by atoms with Crippen molar-refractivity contribution >= 4 is 28.8 Å². The quantitative estimate of drug-likeness (QED) is 0.937. The zero-order chi connectivity index (χ0) is 13.0. The molecule has 0 aromatic carbocycles. The highest BCUT2D eigenvalue weighted by Crippen LogP contribution is 2.21. The number of halogens is 1. The first-order valence-corrected chi connectivity index (χ1v) is 6.65. The lowest BCUT2D eigenvalue weighted by molar-refractivity contribution is 0.0949. The molecule has 0 atom stereocenters. The van der Waals surface area contributed by atoms with E-state index in [-0.39, 0.29) is 5.91 Å². The van der Waals surface area contributed by atoms with Crippen molar-refractivity contribution in [3.8, 4) is 0 Å². The van der Waals surface area contributed by atoms with Crippen LogP contribution in [-0.4, -0.2) is 22.4 Å². The largest absolute Gasteiger partial charge is 0.350 e. The summed E-state index contributed by atoms with van der Waals surface area (Å²) < 4.78 is 0.765. The maximum Gasteiger partial charge on any atom is 0.271 e. The fraction of sp³-hybridized carbons (Fsp3) is 0.250. The summed E-state index contributed by atoms with van der Waals surface area (Å²) in [7, 11) is 0. The van der Waals surface area contributed by atoms with E-state index in [1.165, 1.54) is 17.5 Å². The van der Waals surface area contributed by atoms with Gasteiger partial charge in [-0.1, -0.05) is 11.6 Å². The Morgan fingerprint density at radius 1 is 1.39 bits per heavy atom. The molecule has 0 saturated heterocycles. The zero-order valence-corrected chi connectivity index (χ0v) is 11.4. The van der Waals surface area contributed by atoms with E-state index in [9.17, 15) is 4.79 Å². The maximum atomic E-state index is 11.7. The molecule has 2 rings (SSSR count). The van der Waals surface area contributed by atoms with Crippen LogP contribution in [0.1, 0.15) is 21.1 Å². The van der Waals surface area contributed by atoms with Crippen molar-refractivity contribution in [3.63, 3.8) is 0 Å². The maximum absolute atomic E-state index is 11.7. The number of hydrogen-bond acceptors (Lipinski definition) is 4. The molecule has 0 radical (unpaired) electrons. The molecular weight excluding hydrogens is 270 g/mol. The Balaban J connectivity index is 1.83. The molecule has 2 heterocycles. The lowest BCUT2D eigenvalue weighted by Crippen LogP contribution is -2.26. The van der Waals surface area contributed by atoms with E-state index in [1.807, 2.05) is 19.1 Å². The van der Waals surface area contributed by atoms with Crippen molar-refractivity contribution in [3.05, 3.63) is 45.1 Å². The molecule has 0 bridgehead atoms. The molecule has 0 unspecified atom stereocenters. The second-order valence-electron chi connectivity index (χ2n) is 3.75. The minimum atomic E-state index is -0.204. The van der Waals surface area contributed by atoms with Gasteiger partial charge in [0.2, 0.25) is 0 Å². The van der Waals surface area contributed by atoms with Crippen molar-refractivity contribution in [1.29, 1.82) is 0 Å². The number of rotatable bonds is 4. The number of carbonyl (C=O) groups excluding carboxylic acids is 1. The zero-order valence-electron chi connectivity index (χ0n) is 9.81. The Labute approximate surface area is 114 Å². The van der Waals surface area contributed by atoms with E-state index < -0.39 is 0 Å². The van der Waals surface area contributed by atoms with Crippen LogP contribution in [0, 0.1) is 6.92 Å². The van der Waals surface area contributed by atoms with Gasteiger partial charge >= 0.3 is 0 Å². The molecule has 0 fully saturated rings. The first-order chi connectivity index (χ1) is 8.65. The summed E-state index contributed by atoms with van der Waals surface area (Å²) in [5.41, 5.74) is 1.13. The van der Waals surface area contributed by atoms with Gasteiger partial charge in [-0.05, 0) is 25.5 Å². The molecule has 2 aromatic rings. The van der Waals surface area contributed by atoms with E-state index in [4.69, 9.17) is 11.6 Å². The van der Waals surface area contributed by atoms with Crippen LogP contribution < -0.4 is 5.32 Å². The third-order valence-corrected chi connectivity index (χ3v) is 3.59. The molecular formula is C12H12ClN3OS. The third-order valence-electron chi connectivity index (χ3n) is 2.30. The lowest BCUT2D eigenvalue weighted by Gasteiger charge is -2.03. The Morgan fingerprint density at radius 2 is 2.22 bits per heavy atom. The van der Waals surface area contributed by atoms with Crippen molar-refractivity contribution in [2.24, 2.45) is 0 Å². The number of carbonyl (C=O) groups is 1. The predicted molar refractivity (Wildman–Crippen MR) is 72.1 cm³/mol. The number of hydrogen-bond donors (Lipinski definition) is 1. The first-order valence-electron chi connectivity index (χ1n) is 5.46. The summed E-state index contributed by atoms with van der Waals surface area (Å²) in [6.07, 6.45) is 3.82. The fourth-order valence-corrected chi connectivity index (χ4v) is 2.47. The van der Waals surface area contributed by atoms with Crippen molar-refractivity contribution in [1.82, 2.24) is 15.3 Å². The fourth-order valence-electron chi connectivity index (χ4n) is 1.39. The molecule has 94 valence electrons. The van der Waals surface area contributed by atoms with Crippen LogP contribution in [0.4, 0.5) is 0 Å². The summed E-state index contributed by atoms with van der Waals surface area (Å²) in [5, 5.41) is 2.80. The molecule has 0 spiro atoms. The summed E-state index contributed by atoms with van der Waals surface area (Å²) in [6, 6.07) is 3.82. The highest BCUT2D eigenvalue weighted by molar-refractivity contribution is 7.16. The number of amides is 1. The number of nitrogens with zero attached hydrogens (tertiary/aromatic N) is 2. The van der Waals surface area contributed by atoms with Crippen molar-refractivity contribution < 1.29 is 4.79 Å². The van der Waals surface area contributed by atoms with Crippen molar-refractivity contribution in [2.45, 2.75) is 13.3 Å². The second-order valence-corrected chi connectivity index (χ2v) is 5.55. The third kappa shape index (κ3) is 3.51. The Morgan fingerprint density at radius 3 is 2.83 bits per heavy atom.